The molecular formula is C33H33N3O7S. The minimum atomic E-state index is -0.743. The van der Waals surface area contributed by atoms with Crippen LogP contribution in [0.15, 0.2) is 74.0 Å². The summed E-state index contributed by atoms with van der Waals surface area (Å²) in [7, 11) is 1.52. The van der Waals surface area contributed by atoms with Gasteiger partial charge in [0.25, 0.3) is 11.2 Å². The number of esters is 1. The van der Waals surface area contributed by atoms with Crippen LogP contribution in [0.4, 0.5) is 5.69 Å². The van der Waals surface area contributed by atoms with Crippen molar-refractivity contribution in [3.8, 4) is 11.3 Å². The van der Waals surface area contributed by atoms with E-state index in [-0.39, 0.29) is 30.0 Å². The molecule has 11 heteroatoms. The molecule has 4 aromatic rings. The molecule has 2 aromatic carbocycles. The van der Waals surface area contributed by atoms with Gasteiger partial charge in [-0.2, -0.15) is 0 Å². The van der Waals surface area contributed by atoms with Crippen LogP contribution in [0, 0.1) is 24.0 Å². The summed E-state index contributed by atoms with van der Waals surface area (Å²) < 4.78 is 18.4. The summed E-state index contributed by atoms with van der Waals surface area (Å²) in [5.41, 5.74) is 4.26. The number of nitrogens with zero attached hydrogens (tertiary/aromatic N) is 3. The van der Waals surface area contributed by atoms with Crippen molar-refractivity contribution in [2.24, 2.45) is 4.99 Å². The molecule has 44 heavy (non-hydrogen) atoms. The van der Waals surface area contributed by atoms with Crippen LogP contribution in [0.1, 0.15) is 60.7 Å². The lowest BCUT2D eigenvalue weighted by Gasteiger charge is -2.25. The van der Waals surface area contributed by atoms with Crippen LogP contribution >= 0.6 is 11.3 Å². The molecule has 0 saturated heterocycles. The fourth-order valence-electron chi connectivity index (χ4n) is 5.14. The molecule has 2 aromatic heterocycles. The topological polar surface area (TPSA) is 126 Å². The van der Waals surface area contributed by atoms with Gasteiger partial charge in [0.2, 0.25) is 0 Å². The van der Waals surface area contributed by atoms with Crippen molar-refractivity contribution >= 4 is 29.1 Å². The predicted octanol–water partition coefficient (Wildman–Crippen LogP) is 5.33. The molecule has 228 valence electrons. The Morgan fingerprint density at radius 1 is 1.14 bits per heavy atom. The number of allylic oxidation sites excluding steroid dienone is 1. The molecule has 0 aliphatic carbocycles. The molecule has 1 aliphatic rings. The van der Waals surface area contributed by atoms with Gasteiger partial charge in [-0.25, -0.2) is 9.79 Å². The Morgan fingerprint density at radius 2 is 1.86 bits per heavy atom. The van der Waals surface area contributed by atoms with Gasteiger partial charge in [0.1, 0.15) is 18.1 Å². The second kappa shape index (κ2) is 12.6. The van der Waals surface area contributed by atoms with E-state index in [1.54, 1.807) is 32.1 Å². The number of nitro groups is 1. The molecule has 1 aliphatic heterocycles. The number of rotatable bonds is 9. The highest BCUT2D eigenvalue weighted by atomic mass is 32.1. The van der Waals surface area contributed by atoms with Crippen LogP contribution in [0.2, 0.25) is 0 Å². The molecule has 0 radical (unpaired) electrons. The minimum Gasteiger partial charge on any atom is -0.460 e. The summed E-state index contributed by atoms with van der Waals surface area (Å²) >= 11 is 1.19. The van der Waals surface area contributed by atoms with Crippen molar-refractivity contribution in [1.29, 1.82) is 0 Å². The zero-order chi connectivity index (χ0) is 31.7. The summed E-state index contributed by atoms with van der Waals surface area (Å²) in [6.45, 7) is 9.77. The largest absolute Gasteiger partial charge is 0.460 e. The van der Waals surface area contributed by atoms with Crippen LogP contribution in [0.5, 0.6) is 0 Å². The molecule has 0 spiro atoms. The third-order valence-electron chi connectivity index (χ3n) is 7.70. The van der Waals surface area contributed by atoms with E-state index in [0.717, 1.165) is 16.7 Å². The maximum absolute atomic E-state index is 14.0. The Morgan fingerprint density at radius 3 is 2.52 bits per heavy atom. The molecule has 10 nitrogen and oxygen atoms in total. The smallest absolute Gasteiger partial charge is 0.338 e. The highest BCUT2D eigenvalue weighted by Gasteiger charge is 2.33. The lowest BCUT2D eigenvalue weighted by Crippen LogP contribution is -2.40. The first-order chi connectivity index (χ1) is 21.0. The second-order valence-electron chi connectivity index (χ2n) is 10.9. The molecular weight excluding hydrogens is 582 g/mol. The molecule has 0 amide bonds. The van der Waals surface area contributed by atoms with Crippen LogP contribution in [-0.2, 0) is 14.3 Å². The number of benzene rings is 2. The number of furan rings is 1. The van der Waals surface area contributed by atoms with Gasteiger partial charge < -0.3 is 13.9 Å². The quantitative estimate of drug-likeness (QED) is 0.108. The molecule has 0 bridgehead atoms. The fraction of sp³-hybridized carbons (Fsp3) is 0.303. The van der Waals surface area contributed by atoms with Crippen LogP contribution in [-0.4, -0.2) is 35.8 Å². The minimum absolute atomic E-state index is 0.0135. The Hall–Kier alpha value is -4.61. The lowest BCUT2D eigenvalue weighted by atomic mass is 9.93. The van der Waals surface area contributed by atoms with Gasteiger partial charge in [0, 0.05) is 30.4 Å². The van der Waals surface area contributed by atoms with Gasteiger partial charge >= 0.3 is 5.97 Å². The zero-order valence-electron chi connectivity index (χ0n) is 25.4. The van der Waals surface area contributed by atoms with Crippen LogP contribution in [0.25, 0.3) is 17.4 Å². The fourth-order valence-corrected chi connectivity index (χ4v) is 6.17. The third-order valence-corrected chi connectivity index (χ3v) is 8.69. The number of fused-ring (bicyclic) bond motifs is 1. The van der Waals surface area contributed by atoms with Gasteiger partial charge in [0.15, 0.2) is 4.80 Å². The first kappa shape index (κ1) is 30.8. The van der Waals surface area contributed by atoms with E-state index in [4.69, 9.17) is 13.9 Å². The Bertz CT molecular complexity index is 1960. The van der Waals surface area contributed by atoms with Gasteiger partial charge in [-0.15, -0.1) is 0 Å². The number of carbonyl (C=O) groups is 1. The Kier molecular flexibility index (Phi) is 8.80. The monoisotopic (exact) mass is 615 g/mol. The van der Waals surface area contributed by atoms with Gasteiger partial charge in [-0.1, -0.05) is 49.4 Å². The Balaban J connectivity index is 1.59. The van der Waals surface area contributed by atoms with Crippen molar-refractivity contribution < 1.29 is 23.6 Å². The van der Waals surface area contributed by atoms with E-state index in [1.807, 2.05) is 37.3 Å². The first-order valence-corrected chi connectivity index (χ1v) is 15.0. The highest BCUT2D eigenvalue weighted by molar-refractivity contribution is 7.07. The number of hydrogen-bond donors (Lipinski definition) is 0. The van der Waals surface area contributed by atoms with Gasteiger partial charge in [-0.05, 0) is 61.6 Å². The molecule has 0 N–H and O–H groups in total. The third kappa shape index (κ3) is 5.93. The maximum atomic E-state index is 14.0. The van der Waals surface area contributed by atoms with E-state index in [9.17, 15) is 19.7 Å². The van der Waals surface area contributed by atoms with Crippen molar-refractivity contribution in [3.05, 3.63) is 118 Å². The van der Waals surface area contributed by atoms with Crippen molar-refractivity contribution in [1.82, 2.24) is 4.57 Å². The van der Waals surface area contributed by atoms with Crippen molar-refractivity contribution in [3.63, 3.8) is 0 Å². The standard InChI is InChI=1S/C33H33N3O7S/c1-18(2)22-7-9-23(10-8-22)30-29(32(38)42-14-13-41-6)21(5)34-33-35(30)31(37)28(44-33)17-25-11-12-27(43-25)24-15-19(3)20(4)26(16-24)36(39)40/h7-12,15-18,30H,13-14H2,1-6H3. The van der Waals surface area contributed by atoms with E-state index in [0.29, 0.717) is 43.6 Å². The summed E-state index contributed by atoms with van der Waals surface area (Å²) in [4.78, 5) is 43.5. The summed E-state index contributed by atoms with van der Waals surface area (Å²) in [5.74, 6) is 0.595. The number of aryl methyl sites for hydroxylation is 1. The number of ether oxygens (including phenoxy) is 2. The van der Waals surface area contributed by atoms with E-state index in [1.165, 1.54) is 29.1 Å². The normalized spacial score (nSPS) is 15.0. The summed E-state index contributed by atoms with van der Waals surface area (Å²) in [5, 5.41) is 11.6. The van der Waals surface area contributed by atoms with Gasteiger partial charge in [-0.3, -0.25) is 19.5 Å². The van der Waals surface area contributed by atoms with Gasteiger partial charge in [0.05, 0.1) is 33.4 Å². The number of thiazole rings is 1. The molecule has 0 fully saturated rings. The number of aromatic nitrogens is 1. The SMILES string of the molecule is COCCOC(=O)C1=C(C)N=c2sc(=Cc3ccc(-c4cc(C)c(C)c([N+](=O)[O-])c4)o3)c(=O)n2C1c1ccc(C(C)C)cc1. The summed E-state index contributed by atoms with van der Waals surface area (Å²) in [6, 6.07) is 13.9. The molecule has 5 rings (SSSR count). The lowest BCUT2D eigenvalue weighted by molar-refractivity contribution is -0.385. The predicted molar refractivity (Wildman–Crippen MR) is 167 cm³/mol. The number of methoxy groups -OCH3 is 1. The zero-order valence-corrected chi connectivity index (χ0v) is 26.2. The van der Waals surface area contributed by atoms with E-state index >= 15 is 0 Å². The average Bonchev–Trinajstić information content (AvgIpc) is 3.57. The van der Waals surface area contributed by atoms with E-state index < -0.39 is 16.9 Å². The molecule has 0 saturated carbocycles. The average molecular weight is 616 g/mol. The van der Waals surface area contributed by atoms with Crippen LogP contribution in [0.3, 0.4) is 0 Å². The van der Waals surface area contributed by atoms with Crippen molar-refractivity contribution in [2.45, 2.75) is 46.6 Å². The first-order valence-electron chi connectivity index (χ1n) is 14.1. The highest BCUT2D eigenvalue weighted by Crippen LogP contribution is 2.33. The second-order valence-corrected chi connectivity index (χ2v) is 11.9. The maximum Gasteiger partial charge on any atom is 0.338 e. The molecule has 3 heterocycles. The number of nitro benzene ring substituents is 1. The summed E-state index contributed by atoms with van der Waals surface area (Å²) in [6.07, 6.45) is 1.62. The molecule has 1 atom stereocenters. The number of hydrogen-bond acceptors (Lipinski definition) is 9. The van der Waals surface area contributed by atoms with E-state index in [2.05, 4.69) is 18.8 Å². The Labute approximate surface area is 257 Å². The number of carbonyl (C=O) groups excluding carboxylic acids is 1. The van der Waals surface area contributed by atoms with Crippen LogP contribution < -0.4 is 14.9 Å². The molecule has 1 unspecified atom stereocenters. The van der Waals surface area contributed by atoms with Crippen molar-refractivity contribution in [2.75, 3.05) is 20.3 Å².